The Kier molecular flexibility index (Phi) is 5.35. The van der Waals surface area contributed by atoms with Crippen LogP contribution in [0.1, 0.15) is 29.8 Å². The van der Waals surface area contributed by atoms with E-state index in [1.807, 2.05) is 13.8 Å². The molecule has 0 aliphatic carbocycles. The summed E-state index contributed by atoms with van der Waals surface area (Å²) in [5.74, 6) is -0.508. The van der Waals surface area contributed by atoms with E-state index in [0.717, 1.165) is 23.4 Å². The molecule has 1 heterocycles. The number of ether oxygens (including phenoxy) is 1. The zero-order valence-electron chi connectivity index (χ0n) is 11.0. The predicted octanol–water partition coefficient (Wildman–Crippen LogP) is 0.638. The van der Waals surface area contributed by atoms with Gasteiger partial charge in [-0.1, -0.05) is 0 Å². The molecule has 0 saturated carbocycles. The molecule has 0 atom stereocenters. The second kappa shape index (κ2) is 6.78. The number of carbonyl (C=O) groups is 2. The first-order valence-electron chi connectivity index (χ1n) is 5.88. The van der Waals surface area contributed by atoms with Gasteiger partial charge >= 0.3 is 5.97 Å². The van der Waals surface area contributed by atoms with Crippen LogP contribution in [0.2, 0.25) is 0 Å². The summed E-state index contributed by atoms with van der Waals surface area (Å²) in [7, 11) is 1.31. The molecule has 0 aliphatic rings. The molecule has 0 fully saturated rings. The van der Waals surface area contributed by atoms with Crippen molar-refractivity contribution in [2.45, 2.75) is 33.1 Å². The number of hydrogen-bond acceptors (Lipinski definition) is 4. The van der Waals surface area contributed by atoms with Crippen LogP contribution in [0.4, 0.5) is 0 Å². The van der Waals surface area contributed by atoms with Gasteiger partial charge in [-0.15, -0.1) is 0 Å². The second-order valence-electron chi connectivity index (χ2n) is 4.09. The van der Waals surface area contributed by atoms with E-state index in [4.69, 9.17) is 0 Å². The highest BCUT2D eigenvalue weighted by molar-refractivity contribution is 5.81. The van der Waals surface area contributed by atoms with Gasteiger partial charge in [-0.3, -0.25) is 14.7 Å². The number of rotatable bonds is 6. The molecule has 0 unspecified atom stereocenters. The van der Waals surface area contributed by atoms with Crippen molar-refractivity contribution in [3.05, 3.63) is 17.0 Å². The van der Waals surface area contributed by atoms with E-state index < -0.39 is 0 Å². The average molecular weight is 253 g/mol. The summed E-state index contributed by atoms with van der Waals surface area (Å²) in [4.78, 5) is 22.3. The summed E-state index contributed by atoms with van der Waals surface area (Å²) in [6, 6.07) is 0. The van der Waals surface area contributed by atoms with Crippen molar-refractivity contribution in [3.8, 4) is 0 Å². The molecule has 18 heavy (non-hydrogen) atoms. The number of aromatic nitrogens is 2. The molecule has 0 spiro atoms. The van der Waals surface area contributed by atoms with Gasteiger partial charge in [0, 0.05) is 18.7 Å². The maximum atomic E-state index is 11.4. The highest BCUT2D eigenvalue weighted by Crippen LogP contribution is 2.09. The summed E-state index contributed by atoms with van der Waals surface area (Å²) in [5.41, 5.74) is 3.11. The predicted molar refractivity (Wildman–Crippen MR) is 66.0 cm³/mol. The standard InChI is InChI=1S/C12H19N3O3/c1-8-10(9(2)15-14-8)6-7-13-11(16)4-5-12(17)18-3/h4-7H2,1-3H3,(H,13,16)(H,14,15). The fourth-order valence-corrected chi connectivity index (χ4v) is 1.68. The topological polar surface area (TPSA) is 84.1 Å². The number of nitrogens with zero attached hydrogens (tertiary/aromatic N) is 1. The first kappa shape index (κ1) is 14.2. The van der Waals surface area contributed by atoms with Crippen molar-refractivity contribution in [2.75, 3.05) is 13.7 Å². The molecule has 0 aromatic carbocycles. The molecule has 6 nitrogen and oxygen atoms in total. The molecule has 6 heteroatoms. The fraction of sp³-hybridized carbons (Fsp3) is 0.583. The van der Waals surface area contributed by atoms with Gasteiger partial charge in [-0.25, -0.2) is 0 Å². The minimum Gasteiger partial charge on any atom is -0.469 e. The lowest BCUT2D eigenvalue weighted by Crippen LogP contribution is -2.26. The molecular weight excluding hydrogens is 234 g/mol. The maximum absolute atomic E-state index is 11.4. The van der Waals surface area contributed by atoms with E-state index in [0.29, 0.717) is 6.54 Å². The second-order valence-corrected chi connectivity index (χ2v) is 4.09. The summed E-state index contributed by atoms with van der Waals surface area (Å²) in [6.07, 6.45) is 1.01. The smallest absolute Gasteiger partial charge is 0.306 e. The Morgan fingerprint density at radius 1 is 1.33 bits per heavy atom. The number of esters is 1. The first-order valence-corrected chi connectivity index (χ1v) is 5.88. The van der Waals surface area contributed by atoms with E-state index in [2.05, 4.69) is 20.3 Å². The number of nitrogens with one attached hydrogen (secondary N) is 2. The van der Waals surface area contributed by atoms with Crippen molar-refractivity contribution >= 4 is 11.9 Å². The minimum atomic E-state index is -0.369. The van der Waals surface area contributed by atoms with Gasteiger partial charge < -0.3 is 10.1 Å². The molecule has 1 aromatic rings. The highest BCUT2D eigenvalue weighted by atomic mass is 16.5. The molecule has 0 aliphatic heterocycles. The Morgan fingerprint density at radius 2 is 2.06 bits per heavy atom. The van der Waals surface area contributed by atoms with Gasteiger partial charge in [0.25, 0.3) is 0 Å². The Hall–Kier alpha value is -1.85. The van der Waals surface area contributed by atoms with Gasteiger partial charge in [0.15, 0.2) is 0 Å². The number of methoxy groups -OCH3 is 1. The van der Waals surface area contributed by atoms with Crippen molar-refractivity contribution in [1.29, 1.82) is 0 Å². The SMILES string of the molecule is COC(=O)CCC(=O)NCCc1c(C)n[nH]c1C. The van der Waals surface area contributed by atoms with Crippen LogP contribution >= 0.6 is 0 Å². The third-order valence-electron chi connectivity index (χ3n) is 2.76. The molecule has 2 N–H and O–H groups in total. The molecule has 0 radical (unpaired) electrons. The van der Waals surface area contributed by atoms with Crippen molar-refractivity contribution in [3.63, 3.8) is 0 Å². The van der Waals surface area contributed by atoms with Crippen LogP contribution in [0, 0.1) is 13.8 Å². The quantitative estimate of drug-likeness (QED) is 0.729. The van der Waals surface area contributed by atoms with E-state index >= 15 is 0 Å². The number of amides is 1. The van der Waals surface area contributed by atoms with E-state index in [1.165, 1.54) is 7.11 Å². The van der Waals surface area contributed by atoms with Crippen LogP contribution in [0.3, 0.4) is 0 Å². The number of H-pyrrole nitrogens is 1. The van der Waals surface area contributed by atoms with Crippen molar-refractivity contribution < 1.29 is 14.3 Å². The first-order chi connectivity index (χ1) is 8.54. The summed E-state index contributed by atoms with van der Waals surface area (Å²) < 4.78 is 4.46. The fourth-order valence-electron chi connectivity index (χ4n) is 1.68. The third kappa shape index (κ3) is 4.20. The number of aryl methyl sites for hydroxylation is 2. The Labute approximate surface area is 106 Å². The molecular formula is C12H19N3O3. The monoisotopic (exact) mass is 253 g/mol. The molecule has 1 amide bonds. The molecule has 0 saturated heterocycles. The Bertz CT molecular complexity index is 407. The van der Waals surface area contributed by atoms with E-state index in [-0.39, 0.29) is 24.7 Å². The number of hydrogen-bond donors (Lipinski definition) is 2. The Morgan fingerprint density at radius 3 is 2.61 bits per heavy atom. The van der Waals surface area contributed by atoms with E-state index in [1.54, 1.807) is 0 Å². The number of carbonyl (C=O) groups excluding carboxylic acids is 2. The molecule has 0 bridgehead atoms. The number of aromatic amines is 1. The van der Waals surface area contributed by atoms with Gasteiger partial charge in [0.05, 0.1) is 19.2 Å². The van der Waals surface area contributed by atoms with Crippen LogP contribution in [-0.2, 0) is 20.7 Å². The third-order valence-corrected chi connectivity index (χ3v) is 2.76. The van der Waals surface area contributed by atoms with Crippen molar-refractivity contribution in [2.24, 2.45) is 0 Å². The zero-order valence-corrected chi connectivity index (χ0v) is 11.0. The average Bonchev–Trinajstić information content (AvgIpc) is 2.67. The van der Waals surface area contributed by atoms with Crippen LogP contribution in [0.5, 0.6) is 0 Å². The summed E-state index contributed by atoms with van der Waals surface area (Å²) in [6.45, 7) is 4.42. The van der Waals surface area contributed by atoms with Gasteiger partial charge in [-0.05, 0) is 25.8 Å². The van der Waals surface area contributed by atoms with Crippen molar-refractivity contribution in [1.82, 2.24) is 15.5 Å². The normalized spacial score (nSPS) is 10.2. The van der Waals surface area contributed by atoms with Gasteiger partial charge in [0.2, 0.25) is 5.91 Å². The van der Waals surface area contributed by atoms with Gasteiger partial charge in [0.1, 0.15) is 0 Å². The van der Waals surface area contributed by atoms with Crippen LogP contribution in [0.25, 0.3) is 0 Å². The van der Waals surface area contributed by atoms with Gasteiger partial charge in [-0.2, -0.15) is 5.10 Å². The Balaban J connectivity index is 2.26. The van der Waals surface area contributed by atoms with Crippen LogP contribution in [0.15, 0.2) is 0 Å². The molecule has 1 rings (SSSR count). The maximum Gasteiger partial charge on any atom is 0.306 e. The highest BCUT2D eigenvalue weighted by Gasteiger charge is 2.08. The largest absolute Gasteiger partial charge is 0.469 e. The lowest BCUT2D eigenvalue weighted by Gasteiger charge is -2.05. The summed E-state index contributed by atoms with van der Waals surface area (Å²) >= 11 is 0. The molecule has 100 valence electrons. The molecule has 1 aromatic heterocycles. The summed E-state index contributed by atoms with van der Waals surface area (Å²) in [5, 5.41) is 9.75. The lowest BCUT2D eigenvalue weighted by atomic mass is 10.1. The van der Waals surface area contributed by atoms with Crippen LogP contribution in [-0.4, -0.2) is 35.7 Å². The zero-order chi connectivity index (χ0) is 13.5. The lowest BCUT2D eigenvalue weighted by molar-refractivity contribution is -0.142. The minimum absolute atomic E-state index is 0.117. The van der Waals surface area contributed by atoms with E-state index in [9.17, 15) is 9.59 Å². The van der Waals surface area contributed by atoms with Crippen LogP contribution < -0.4 is 5.32 Å².